The number of carbonyl (C=O) groups is 1. The van der Waals surface area contributed by atoms with E-state index in [1.54, 1.807) is 43.4 Å². The smallest absolute Gasteiger partial charge is 0.435 e. The van der Waals surface area contributed by atoms with Crippen LogP contribution in [0.25, 0.3) is 5.69 Å². The molecule has 1 atom stereocenters. The number of ether oxygens (including phenoxy) is 2. The molecular formula is C23H20F3N4O5S-. The SMILES string of the molecule is CN(C(=O)c1cccc(-n2nc(C(F)(F)F)c3c2CCN(CS(=O)[O-])C3)c1)c1ccc2c(c1)OCO2. The predicted molar refractivity (Wildman–Crippen MR) is 122 cm³/mol. The highest BCUT2D eigenvalue weighted by Crippen LogP contribution is 2.37. The van der Waals surface area contributed by atoms with Crippen LogP contribution >= 0.6 is 0 Å². The number of alkyl halides is 3. The molecular weight excluding hydrogens is 501 g/mol. The molecule has 0 radical (unpaired) electrons. The molecule has 1 amide bonds. The van der Waals surface area contributed by atoms with Crippen LogP contribution in [0, 0.1) is 0 Å². The topological polar surface area (TPSA) is 100.0 Å². The summed E-state index contributed by atoms with van der Waals surface area (Å²) in [5.41, 5.74) is 0.323. The van der Waals surface area contributed by atoms with Crippen LogP contribution in [0.3, 0.4) is 0 Å². The number of carbonyl (C=O) groups excluding carboxylic acids is 1. The Balaban J connectivity index is 1.47. The minimum Gasteiger partial charge on any atom is -0.771 e. The van der Waals surface area contributed by atoms with E-state index in [2.05, 4.69) is 5.10 Å². The lowest BCUT2D eigenvalue weighted by atomic mass is 10.0. The lowest BCUT2D eigenvalue weighted by Gasteiger charge is -2.28. The largest absolute Gasteiger partial charge is 0.771 e. The maximum atomic E-state index is 13.8. The summed E-state index contributed by atoms with van der Waals surface area (Å²) in [4.78, 5) is 16.0. The summed E-state index contributed by atoms with van der Waals surface area (Å²) in [6, 6.07) is 11.3. The van der Waals surface area contributed by atoms with E-state index >= 15 is 0 Å². The number of rotatable bonds is 5. The van der Waals surface area contributed by atoms with E-state index < -0.39 is 23.0 Å². The number of benzene rings is 2. The van der Waals surface area contributed by atoms with E-state index in [1.807, 2.05) is 0 Å². The predicted octanol–water partition coefficient (Wildman–Crippen LogP) is 3.09. The Morgan fingerprint density at radius 3 is 2.72 bits per heavy atom. The Hall–Kier alpha value is -3.42. The molecule has 2 aliphatic rings. The molecule has 0 aliphatic carbocycles. The van der Waals surface area contributed by atoms with Gasteiger partial charge in [0.15, 0.2) is 17.2 Å². The third-order valence-corrected chi connectivity index (χ3v) is 6.65. The monoisotopic (exact) mass is 521 g/mol. The average molecular weight is 521 g/mol. The minimum absolute atomic E-state index is 0.0617. The summed E-state index contributed by atoms with van der Waals surface area (Å²) in [6.45, 7) is 0.165. The van der Waals surface area contributed by atoms with E-state index in [1.165, 1.54) is 20.5 Å². The van der Waals surface area contributed by atoms with Crippen LogP contribution in [0.4, 0.5) is 18.9 Å². The normalized spacial score (nSPS) is 16.0. The van der Waals surface area contributed by atoms with Gasteiger partial charge in [0.25, 0.3) is 5.91 Å². The second kappa shape index (κ2) is 9.22. The first-order chi connectivity index (χ1) is 17.1. The molecule has 0 saturated carbocycles. The quantitative estimate of drug-likeness (QED) is 0.476. The fourth-order valence-electron chi connectivity index (χ4n) is 4.35. The Kier molecular flexibility index (Phi) is 6.22. The van der Waals surface area contributed by atoms with E-state index in [-0.39, 0.29) is 49.2 Å². The fourth-order valence-corrected chi connectivity index (χ4v) is 4.87. The van der Waals surface area contributed by atoms with Crippen LogP contribution in [0.1, 0.15) is 27.3 Å². The zero-order valence-electron chi connectivity index (χ0n) is 18.9. The highest BCUT2D eigenvalue weighted by Gasteiger charge is 2.41. The number of amides is 1. The molecule has 3 aromatic rings. The third kappa shape index (κ3) is 4.56. The van der Waals surface area contributed by atoms with Crippen molar-refractivity contribution in [2.45, 2.75) is 19.1 Å². The molecule has 190 valence electrons. The van der Waals surface area contributed by atoms with Crippen molar-refractivity contribution < 1.29 is 36.2 Å². The molecule has 1 unspecified atom stereocenters. The van der Waals surface area contributed by atoms with Crippen molar-refractivity contribution in [2.24, 2.45) is 0 Å². The first kappa shape index (κ1) is 24.3. The molecule has 0 fully saturated rings. The second-order valence-electron chi connectivity index (χ2n) is 8.37. The molecule has 0 N–H and O–H groups in total. The fraction of sp³-hybridized carbons (Fsp3) is 0.304. The standard InChI is InChI=1S/C23H21F3N4O5S/c1-28(15-5-6-19-20(10-15)35-13-34-19)22(31)14-3-2-4-16(9-14)30-18-7-8-29(12-36(32)33)11-17(18)21(27-30)23(24,25)26/h2-6,9-10H,7-8,11-13H2,1H3,(H,32,33)/p-1. The summed E-state index contributed by atoms with van der Waals surface area (Å²) >= 11 is -2.42. The molecule has 3 heterocycles. The van der Waals surface area contributed by atoms with Gasteiger partial charge in [-0.1, -0.05) is 6.07 Å². The summed E-state index contributed by atoms with van der Waals surface area (Å²) in [6.07, 6.45) is -4.55. The van der Waals surface area contributed by atoms with Crippen molar-refractivity contribution in [3.05, 3.63) is 65.0 Å². The summed E-state index contributed by atoms with van der Waals surface area (Å²) in [7, 11) is 1.58. The van der Waals surface area contributed by atoms with E-state index in [4.69, 9.17) is 9.47 Å². The highest BCUT2D eigenvalue weighted by molar-refractivity contribution is 7.79. The van der Waals surface area contributed by atoms with Gasteiger partial charge in [-0.3, -0.25) is 13.9 Å². The maximum Gasteiger partial charge on any atom is 0.435 e. The van der Waals surface area contributed by atoms with Gasteiger partial charge in [0.2, 0.25) is 6.79 Å². The lowest BCUT2D eigenvalue weighted by Crippen LogP contribution is -2.34. The zero-order chi connectivity index (χ0) is 25.6. The van der Waals surface area contributed by atoms with Crippen LogP contribution in [0.15, 0.2) is 42.5 Å². The van der Waals surface area contributed by atoms with Crippen LogP contribution in [0.5, 0.6) is 11.5 Å². The number of nitrogens with zero attached hydrogens (tertiary/aromatic N) is 4. The Bertz CT molecular complexity index is 1360. The number of hydrogen-bond donors (Lipinski definition) is 0. The van der Waals surface area contributed by atoms with Crippen molar-refractivity contribution in [1.29, 1.82) is 0 Å². The van der Waals surface area contributed by atoms with Crippen molar-refractivity contribution in [3.63, 3.8) is 0 Å². The molecule has 36 heavy (non-hydrogen) atoms. The molecule has 1 aromatic heterocycles. The van der Waals surface area contributed by atoms with Gasteiger partial charge < -0.3 is 18.9 Å². The van der Waals surface area contributed by atoms with Gasteiger partial charge in [-0.05, 0) is 41.4 Å². The first-order valence-electron chi connectivity index (χ1n) is 10.9. The van der Waals surface area contributed by atoms with Gasteiger partial charge in [-0.2, -0.15) is 18.3 Å². The molecule has 2 aromatic carbocycles. The van der Waals surface area contributed by atoms with Crippen molar-refractivity contribution in [1.82, 2.24) is 14.7 Å². The van der Waals surface area contributed by atoms with Gasteiger partial charge in [-0.25, -0.2) is 4.68 Å². The first-order valence-corrected chi connectivity index (χ1v) is 12.1. The zero-order valence-corrected chi connectivity index (χ0v) is 19.8. The van der Waals surface area contributed by atoms with Crippen molar-refractivity contribution >= 4 is 22.7 Å². The number of aromatic nitrogens is 2. The van der Waals surface area contributed by atoms with Gasteiger partial charge >= 0.3 is 6.18 Å². The van der Waals surface area contributed by atoms with E-state index in [0.29, 0.717) is 28.6 Å². The Morgan fingerprint density at radius 2 is 1.97 bits per heavy atom. The molecule has 5 rings (SSSR count). The Labute approximate surface area is 206 Å². The summed E-state index contributed by atoms with van der Waals surface area (Å²) in [5, 5.41) is 3.85. The molecule has 9 nitrogen and oxygen atoms in total. The van der Waals surface area contributed by atoms with E-state index in [0.717, 1.165) is 0 Å². The van der Waals surface area contributed by atoms with Crippen molar-refractivity contribution in [2.75, 3.05) is 31.2 Å². The average Bonchev–Trinajstić information content (AvgIpc) is 3.46. The lowest BCUT2D eigenvalue weighted by molar-refractivity contribution is -0.142. The second-order valence-corrected chi connectivity index (χ2v) is 9.24. The Morgan fingerprint density at radius 1 is 1.19 bits per heavy atom. The van der Waals surface area contributed by atoms with E-state index in [9.17, 15) is 26.7 Å². The number of halogens is 3. The molecule has 13 heteroatoms. The number of anilines is 1. The molecule has 0 bridgehead atoms. The van der Waals surface area contributed by atoms with Crippen molar-refractivity contribution in [3.8, 4) is 17.2 Å². The van der Waals surface area contributed by atoms with Gasteiger partial charge in [0.05, 0.1) is 17.3 Å². The molecule has 2 aliphatic heterocycles. The maximum absolute atomic E-state index is 13.8. The summed E-state index contributed by atoms with van der Waals surface area (Å²) in [5.74, 6) is 0.346. The minimum atomic E-state index is -4.72. The van der Waals surface area contributed by atoms with Crippen LogP contribution in [0.2, 0.25) is 0 Å². The highest BCUT2D eigenvalue weighted by atomic mass is 32.2. The number of fused-ring (bicyclic) bond motifs is 2. The molecule has 0 saturated heterocycles. The summed E-state index contributed by atoms with van der Waals surface area (Å²) < 4.78 is 75.4. The van der Waals surface area contributed by atoms with Gasteiger partial charge in [0.1, 0.15) is 0 Å². The number of hydrogen-bond acceptors (Lipinski definition) is 7. The molecule has 0 spiro atoms. The van der Waals surface area contributed by atoms with Gasteiger partial charge in [-0.15, -0.1) is 0 Å². The third-order valence-electron chi connectivity index (χ3n) is 6.08. The van der Waals surface area contributed by atoms with Gasteiger partial charge in [0, 0.05) is 49.4 Å². The van der Waals surface area contributed by atoms with Crippen LogP contribution < -0.4 is 14.4 Å². The van der Waals surface area contributed by atoms with Crippen LogP contribution in [-0.2, 0) is 30.2 Å². The van der Waals surface area contributed by atoms with Crippen LogP contribution in [-0.4, -0.2) is 55.6 Å².